The minimum Gasteiger partial charge on any atom is -0.360 e. The zero-order valence-corrected chi connectivity index (χ0v) is 10.2. The first-order valence-corrected chi connectivity index (χ1v) is 5.67. The molecule has 1 aromatic heterocycles. The fraction of sp³-hybridized carbons (Fsp3) is 0.462. The predicted molar refractivity (Wildman–Crippen MR) is 69.6 cm³/mol. The van der Waals surface area contributed by atoms with Gasteiger partial charge in [0.05, 0.1) is 0 Å². The monoisotopic (exact) mass is 219 g/mol. The molecule has 0 amide bonds. The molecule has 0 atom stereocenters. The molecular weight excluding hydrogens is 198 g/mol. The number of pyridine rings is 1. The summed E-state index contributed by atoms with van der Waals surface area (Å²) < 4.78 is 0. The lowest BCUT2D eigenvalue weighted by Crippen LogP contribution is -2.20. The average Bonchev–Trinajstić information content (AvgIpc) is 2.29. The van der Waals surface area contributed by atoms with Gasteiger partial charge in [0.2, 0.25) is 0 Å². The highest BCUT2D eigenvalue weighted by Gasteiger charge is 2.04. The van der Waals surface area contributed by atoms with Gasteiger partial charge in [-0.1, -0.05) is 12.1 Å². The van der Waals surface area contributed by atoms with E-state index >= 15 is 0 Å². The molecule has 0 fully saturated rings. The van der Waals surface area contributed by atoms with Crippen LogP contribution in [0.2, 0.25) is 0 Å². The van der Waals surface area contributed by atoms with Crippen molar-refractivity contribution in [2.24, 2.45) is 5.73 Å². The van der Waals surface area contributed by atoms with E-state index in [1.807, 2.05) is 19.1 Å². The van der Waals surface area contributed by atoms with Crippen LogP contribution in [-0.4, -0.2) is 18.6 Å². The van der Waals surface area contributed by atoms with Gasteiger partial charge in [0.1, 0.15) is 5.82 Å². The first kappa shape index (κ1) is 12.7. The van der Waals surface area contributed by atoms with Crippen molar-refractivity contribution >= 4 is 5.82 Å². The second-order valence-electron chi connectivity index (χ2n) is 3.97. The average molecular weight is 219 g/mol. The van der Waals surface area contributed by atoms with Gasteiger partial charge >= 0.3 is 0 Å². The van der Waals surface area contributed by atoms with Crippen LogP contribution in [0.3, 0.4) is 0 Å². The summed E-state index contributed by atoms with van der Waals surface area (Å²) in [6.07, 6.45) is 4.10. The Kier molecular flexibility index (Phi) is 4.99. The summed E-state index contributed by atoms with van der Waals surface area (Å²) in [5, 5.41) is 0. The van der Waals surface area contributed by atoms with Gasteiger partial charge in [-0.2, -0.15) is 0 Å². The normalized spacial score (nSPS) is 10.2. The zero-order valence-electron chi connectivity index (χ0n) is 10.2. The lowest BCUT2D eigenvalue weighted by molar-refractivity contribution is 0.789. The fourth-order valence-corrected chi connectivity index (χ4v) is 1.59. The van der Waals surface area contributed by atoms with Crippen LogP contribution in [0.15, 0.2) is 24.8 Å². The molecule has 88 valence electrons. The van der Waals surface area contributed by atoms with Gasteiger partial charge in [-0.05, 0) is 31.4 Å². The zero-order chi connectivity index (χ0) is 12.0. The van der Waals surface area contributed by atoms with Crippen molar-refractivity contribution < 1.29 is 0 Å². The number of allylic oxidation sites excluding steroid dienone is 1. The van der Waals surface area contributed by atoms with Crippen LogP contribution in [-0.2, 0) is 6.54 Å². The molecule has 0 aliphatic carbocycles. The van der Waals surface area contributed by atoms with E-state index in [1.54, 1.807) is 0 Å². The van der Waals surface area contributed by atoms with E-state index in [2.05, 4.69) is 29.6 Å². The third-order valence-corrected chi connectivity index (χ3v) is 2.69. The molecule has 1 heterocycles. The third kappa shape index (κ3) is 3.35. The van der Waals surface area contributed by atoms with Gasteiger partial charge in [-0.3, -0.25) is 0 Å². The van der Waals surface area contributed by atoms with Gasteiger partial charge in [-0.15, -0.1) is 6.58 Å². The highest BCUT2D eigenvalue weighted by atomic mass is 15.2. The molecular formula is C13H21N3. The Hall–Kier alpha value is -1.35. The lowest BCUT2D eigenvalue weighted by Gasteiger charge is -2.18. The third-order valence-electron chi connectivity index (χ3n) is 2.69. The molecule has 0 aromatic carbocycles. The molecule has 0 unspecified atom stereocenters. The first-order valence-electron chi connectivity index (χ1n) is 5.67. The van der Waals surface area contributed by atoms with Gasteiger partial charge in [-0.25, -0.2) is 4.98 Å². The second-order valence-corrected chi connectivity index (χ2v) is 3.97. The molecule has 0 saturated carbocycles. The molecule has 1 rings (SSSR count). The SMILES string of the molecule is C=CCCCN(C)c1ccc(CN)c(C)n1. The molecule has 1 aromatic rings. The number of nitrogens with two attached hydrogens (primary N) is 1. The van der Waals surface area contributed by atoms with E-state index in [1.165, 1.54) is 0 Å². The number of anilines is 1. The number of aromatic nitrogens is 1. The maximum absolute atomic E-state index is 5.61. The minimum absolute atomic E-state index is 0.555. The highest BCUT2D eigenvalue weighted by Crippen LogP contribution is 2.13. The van der Waals surface area contributed by atoms with Crippen LogP contribution in [0.25, 0.3) is 0 Å². The Morgan fingerprint density at radius 1 is 1.50 bits per heavy atom. The van der Waals surface area contributed by atoms with E-state index in [0.29, 0.717) is 6.54 Å². The summed E-state index contributed by atoms with van der Waals surface area (Å²) in [5.74, 6) is 1.01. The standard InChI is InChI=1S/C13H21N3/c1-4-5-6-9-16(3)13-8-7-12(10-14)11(2)15-13/h4,7-8H,1,5-6,9-10,14H2,2-3H3. The van der Waals surface area contributed by atoms with Gasteiger partial charge in [0, 0.05) is 25.8 Å². The Morgan fingerprint density at radius 2 is 2.25 bits per heavy atom. The number of unbranched alkanes of at least 4 members (excludes halogenated alkanes) is 1. The van der Waals surface area contributed by atoms with Crippen molar-refractivity contribution in [1.29, 1.82) is 0 Å². The van der Waals surface area contributed by atoms with E-state index < -0.39 is 0 Å². The molecule has 2 N–H and O–H groups in total. The van der Waals surface area contributed by atoms with Crippen LogP contribution in [0.4, 0.5) is 5.82 Å². The maximum Gasteiger partial charge on any atom is 0.128 e. The lowest BCUT2D eigenvalue weighted by atomic mass is 10.2. The van der Waals surface area contributed by atoms with Crippen LogP contribution < -0.4 is 10.6 Å². The molecule has 0 radical (unpaired) electrons. The maximum atomic E-state index is 5.61. The predicted octanol–water partition coefficient (Wildman–Crippen LogP) is 2.25. The molecule has 3 nitrogen and oxygen atoms in total. The summed E-state index contributed by atoms with van der Waals surface area (Å²) in [7, 11) is 2.06. The molecule has 0 bridgehead atoms. The molecule has 0 spiro atoms. The molecule has 3 heteroatoms. The summed E-state index contributed by atoms with van der Waals surface area (Å²) in [5.41, 5.74) is 7.75. The number of hydrogen-bond acceptors (Lipinski definition) is 3. The van der Waals surface area contributed by atoms with Crippen molar-refractivity contribution in [3.63, 3.8) is 0 Å². The topological polar surface area (TPSA) is 42.1 Å². The number of aryl methyl sites for hydroxylation is 1. The Balaban J connectivity index is 2.65. The van der Waals surface area contributed by atoms with Gasteiger partial charge in [0.15, 0.2) is 0 Å². The van der Waals surface area contributed by atoms with Crippen molar-refractivity contribution in [2.45, 2.75) is 26.3 Å². The minimum atomic E-state index is 0.555. The van der Waals surface area contributed by atoms with Crippen molar-refractivity contribution in [3.8, 4) is 0 Å². The van der Waals surface area contributed by atoms with Crippen molar-refractivity contribution in [1.82, 2.24) is 4.98 Å². The Morgan fingerprint density at radius 3 is 2.81 bits per heavy atom. The molecule has 0 aliphatic heterocycles. The second kappa shape index (κ2) is 6.28. The largest absolute Gasteiger partial charge is 0.360 e. The van der Waals surface area contributed by atoms with Gasteiger partial charge in [0.25, 0.3) is 0 Å². The summed E-state index contributed by atoms with van der Waals surface area (Å²) >= 11 is 0. The van der Waals surface area contributed by atoms with Crippen LogP contribution in [0.1, 0.15) is 24.1 Å². The first-order chi connectivity index (χ1) is 7.69. The smallest absolute Gasteiger partial charge is 0.128 e. The number of rotatable bonds is 6. The van der Waals surface area contributed by atoms with Crippen LogP contribution in [0.5, 0.6) is 0 Å². The summed E-state index contributed by atoms with van der Waals surface area (Å²) in [4.78, 5) is 6.71. The Labute approximate surface area is 98.0 Å². The van der Waals surface area contributed by atoms with Crippen molar-refractivity contribution in [2.75, 3.05) is 18.5 Å². The Bertz CT molecular complexity index is 347. The van der Waals surface area contributed by atoms with Crippen LogP contribution in [0, 0.1) is 6.92 Å². The van der Waals surface area contributed by atoms with Gasteiger partial charge < -0.3 is 10.6 Å². The van der Waals surface area contributed by atoms with Crippen molar-refractivity contribution in [3.05, 3.63) is 36.0 Å². The molecule has 16 heavy (non-hydrogen) atoms. The fourth-order valence-electron chi connectivity index (χ4n) is 1.59. The highest BCUT2D eigenvalue weighted by molar-refractivity contribution is 5.40. The number of nitrogens with zero attached hydrogens (tertiary/aromatic N) is 2. The van der Waals surface area contributed by atoms with E-state index in [-0.39, 0.29) is 0 Å². The quantitative estimate of drug-likeness (QED) is 0.589. The summed E-state index contributed by atoms with van der Waals surface area (Å²) in [6.45, 7) is 7.28. The molecule has 0 saturated heterocycles. The van der Waals surface area contributed by atoms with Crippen LogP contribution >= 0.6 is 0 Å². The van der Waals surface area contributed by atoms with E-state index in [9.17, 15) is 0 Å². The molecule has 0 aliphatic rings. The van der Waals surface area contributed by atoms with E-state index in [4.69, 9.17) is 5.73 Å². The number of hydrogen-bond donors (Lipinski definition) is 1. The summed E-state index contributed by atoms with van der Waals surface area (Å²) in [6, 6.07) is 4.09. The van der Waals surface area contributed by atoms with E-state index in [0.717, 1.165) is 36.5 Å².